The van der Waals surface area contributed by atoms with Gasteiger partial charge < -0.3 is 15.3 Å². The molecule has 0 saturated carbocycles. The van der Waals surface area contributed by atoms with Crippen LogP contribution in [0.5, 0.6) is 17.2 Å². The van der Waals surface area contributed by atoms with Gasteiger partial charge in [0, 0.05) is 5.41 Å². The molecule has 3 aromatic carbocycles. The van der Waals surface area contributed by atoms with Crippen LogP contribution in [0.15, 0.2) is 72.8 Å². The number of hydrogen-bond acceptors (Lipinski definition) is 3. The van der Waals surface area contributed by atoms with Gasteiger partial charge in [-0.1, -0.05) is 43.8 Å². The third kappa shape index (κ3) is 3.06. The maximum Gasteiger partial charge on any atom is 0.115 e. The summed E-state index contributed by atoms with van der Waals surface area (Å²) in [4.78, 5) is 0. The molecule has 0 aromatic heterocycles. The summed E-state index contributed by atoms with van der Waals surface area (Å²) in [6.07, 6.45) is 0. The highest BCUT2D eigenvalue weighted by atomic mass is 16.3. The average Bonchev–Trinajstić information content (AvgIpc) is 2.56. The zero-order valence-corrected chi connectivity index (χ0v) is 12.8. The number of benzene rings is 3. The molecule has 3 rings (SSSR count). The van der Waals surface area contributed by atoms with Gasteiger partial charge >= 0.3 is 0 Å². The van der Waals surface area contributed by atoms with Gasteiger partial charge in [0.05, 0.1) is 0 Å². The van der Waals surface area contributed by atoms with E-state index in [-0.39, 0.29) is 24.7 Å². The van der Waals surface area contributed by atoms with Crippen LogP contribution in [0.4, 0.5) is 0 Å². The summed E-state index contributed by atoms with van der Waals surface area (Å²) in [5, 5.41) is 28.7. The van der Waals surface area contributed by atoms with Crippen molar-refractivity contribution >= 4 is 0 Å². The normalized spacial score (nSPS) is 10.9. The summed E-state index contributed by atoms with van der Waals surface area (Å²) < 4.78 is 0. The lowest BCUT2D eigenvalue weighted by molar-refractivity contribution is 0.474. The predicted molar refractivity (Wildman–Crippen MR) is 96.6 cm³/mol. The van der Waals surface area contributed by atoms with Crippen molar-refractivity contribution in [3.8, 4) is 17.2 Å². The molecule has 0 atom stereocenters. The first-order chi connectivity index (χ1) is 11.0. The summed E-state index contributed by atoms with van der Waals surface area (Å²) in [6, 6.07) is 21.3. The Labute approximate surface area is 142 Å². The Hall–Kier alpha value is -2.94. The second-order valence-electron chi connectivity index (χ2n) is 5.77. The van der Waals surface area contributed by atoms with E-state index in [1.54, 1.807) is 36.4 Å². The van der Waals surface area contributed by atoms with E-state index in [1.807, 2.05) is 36.4 Å². The van der Waals surface area contributed by atoms with Crippen molar-refractivity contribution in [2.75, 3.05) is 0 Å². The topological polar surface area (TPSA) is 60.7 Å². The van der Waals surface area contributed by atoms with Crippen LogP contribution in [0, 0.1) is 0 Å². The lowest BCUT2D eigenvalue weighted by Crippen LogP contribution is -2.25. The Bertz CT molecular complexity index is 677. The van der Waals surface area contributed by atoms with Gasteiger partial charge in [0.15, 0.2) is 0 Å². The van der Waals surface area contributed by atoms with E-state index in [1.165, 1.54) is 0 Å². The monoisotopic (exact) mass is 322 g/mol. The molecule has 0 amide bonds. The van der Waals surface area contributed by atoms with E-state index in [0.717, 1.165) is 16.7 Å². The predicted octanol–water partition coefficient (Wildman–Crippen LogP) is 4.79. The van der Waals surface area contributed by atoms with Crippen molar-refractivity contribution in [1.82, 2.24) is 0 Å². The summed E-state index contributed by atoms with van der Waals surface area (Å²) in [5.41, 5.74) is 2.54. The third-order valence-corrected chi connectivity index (χ3v) is 4.33. The smallest absolute Gasteiger partial charge is 0.115 e. The van der Waals surface area contributed by atoms with Crippen molar-refractivity contribution in [3.63, 3.8) is 0 Å². The molecule has 3 heteroatoms. The van der Waals surface area contributed by atoms with Crippen LogP contribution in [0.1, 0.15) is 31.0 Å². The molecule has 0 heterocycles. The van der Waals surface area contributed by atoms with E-state index in [4.69, 9.17) is 0 Å². The van der Waals surface area contributed by atoms with Gasteiger partial charge in [0.1, 0.15) is 17.2 Å². The fourth-order valence-corrected chi connectivity index (χ4v) is 2.88. The first-order valence-corrected chi connectivity index (χ1v) is 7.38. The van der Waals surface area contributed by atoms with Gasteiger partial charge in [-0.25, -0.2) is 0 Å². The molecule has 3 aromatic rings. The Balaban J connectivity index is 0.00000208. The SMILES string of the molecule is C.CC(c1ccc(O)cc1)(c1ccc(O)cc1)c1ccc(O)cc1. The van der Waals surface area contributed by atoms with E-state index in [2.05, 4.69) is 6.92 Å². The molecule has 0 aliphatic heterocycles. The highest BCUT2D eigenvalue weighted by molar-refractivity contribution is 5.51. The second-order valence-corrected chi connectivity index (χ2v) is 5.77. The highest BCUT2D eigenvalue weighted by Gasteiger charge is 2.31. The number of phenolic OH excluding ortho intramolecular Hbond substituents is 3. The molecule has 0 radical (unpaired) electrons. The van der Waals surface area contributed by atoms with Crippen molar-refractivity contribution in [3.05, 3.63) is 89.5 Å². The van der Waals surface area contributed by atoms with Gasteiger partial charge in [-0.05, 0) is 60.0 Å². The standard InChI is InChI=1S/C20H18O3.CH4/c1-20(14-2-8-17(21)9-3-14,15-4-10-18(22)11-5-15)16-6-12-19(23)13-7-16;/h2-13,21-23H,1H3;1H4. The minimum Gasteiger partial charge on any atom is -0.508 e. The molecule has 3 N–H and O–H groups in total. The van der Waals surface area contributed by atoms with E-state index in [0.29, 0.717) is 0 Å². The minimum atomic E-state index is -0.477. The Morgan fingerprint density at radius 1 is 0.500 bits per heavy atom. The van der Waals surface area contributed by atoms with Crippen LogP contribution in [0.25, 0.3) is 0 Å². The molecular formula is C21H22O3. The Kier molecular flexibility index (Phi) is 4.84. The first kappa shape index (κ1) is 17.4. The van der Waals surface area contributed by atoms with Gasteiger partial charge in [-0.15, -0.1) is 0 Å². The average molecular weight is 322 g/mol. The lowest BCUT2D eigenvalue weighted by Gasteiger charge is -2.32. The zero-order valence-electron chi connectivity index (χ0n) is 12.8. The highest BCUT2D eigenvalue weighted by Crippen LogP contribution is 2.40. The van der Waals surface area contributed by atoms with E-state index >= 15 is 0 Å². The van der Waals surface area contributed by atoms with Crippen LogP contribution < -0.4 is 0 Å². The van der Waals surface area contributed by atoms with Crippen LogP contribution in [0.2, 0.25) is 0 Å². The molecule has 0 saturated heterocycles. The van der Waals surface area contributed by atoms with Crippen LogP contribution in [-0.2, 0) is 5.41 Å². The van der Waals surface area contributed by atoms with Crippen molar-refractivity contribution < 1.29 is 15.3 Å². The van der Waals surface area contributed by atoms with Crippen LogP contribution >= 0.6 is 0 Å². The van der Waals surface area contributed by atoms with Gasteiger partial charge in [-0.3, -0.25) is 0 Å². The van der Waals surface area contributed by atoms with Gasteiger partial charge in [0.2, 0.25) is 0 Å². The van der Waals surface area contributed by atoms with Crippen LogP contribution in [-0.4, -0.2) is 15.3 Å². The van der Waals surface area contributed by atoms with Crippen molar-refractivity contribution in [2.45, 2.75) is 19.8 Å². The number of hydrogen-bond donors (Lipinski definition) is 3. The molecule has 124 valence electrons. The number of phenols is 3. The minimum absolute atomic E-state index is 0. The van der Waals surface area contributed by atoms with Crippen LogP contribution in [0.3, 0.4) is 0 Å². The lowest BCUT2D eigenvalue weighted by atomic mass is 9.71. The summed E-state index contributed by atoms with van der Waals surface area (Å²) >= 11 is 0. The Morgan fingerprint density at radius 2 is 0.708 bits per heavy atom. The fourth-order valence-electron chi connectivity index (χ4n) is 2.88. The molecule has 0 unspecified atom stereocenters. The summed E-state index contributed by atoms with van der Waals surface area (Å²) in [5.74, 6) is 0.646. The third-order valence-electron chi connectivity index (χ3n) is 4.33. The van der Waals surface area contributed by atoms with Gasteiger partial charge in [-0.2, -0.15) is 0 Å². The molecule has 0 spiro atoms. The molecule has 24 heavy (non-hydrogen) atoms. The number of aromatic hydroxyl groups is 3. The summed E-state index contributed by atoms with van der Waals surface area (Å²) in [7, 11) is 0. The molecule has 0 aliphatic carbocycles. The van der Waals surface area contributed by atoms with Gasteiger partial charge in [0.25, 0.3) is 0 Å². The number of rotatable bonds is 3. The quantitative estimate of drug-likeness (QED) is 0.607. The molecular weight excluding hydrogens is 300 g/mol. The van der Waals surface area contributed by atoms with E-state index in [9.17, 15) is 15.3 Å². The molecule has 0 fully saturated rings. The maximum atomic E-state index is 9.57. The fraction of sp³-hybridized carbons (Fsp3) is 0.143. The molecule has 0 aliphatic rings. The first-order valence-electron chi connectivity index (χ1n) is 7.38. The van der Waals surface area contributed by atoms with Crippen molar-refractivity contribution in [1.29, 1.82) is 0 Å². The maximum absolute atomic E-state index is 9.57. The van der Waals surface area contributed by atoms with Crippen molar-refractivity contribution in [2.24, 2.45) is 0 Å². The van der Waals surface area contributed by atoms with E-state index < -0.39 is 5.41 Å². The largest absolute Gasteiger partial charge is 0.508 e. The molecule has 0 bridgehead atoms. The zero-order chi connectivity index (χ0) is 16.4. The summed E-state index contributed by atoms with van der Waals surface area (Å²) in [6.45, 7) is 2.08. The molecule has 3 nitrogen and oxygen atoms in total. The second kappa shape index (κ2) is 6.67. The Morgan fingerprint density at radius 3 is 0.917 bits per heavy atom.